The molecule has 0 radical (unpaired) electrons. The molecule has 3 heterocycles. The Morgan fingerprint density at radius 3 is 3.11 bits per heavy atom. The van der Waals surface area contributed by atoms with E-state index in [4.69, 9.17) is 0 Å². The molecule has 1 aromatic heterocycles. The van der Waals surface area contributed by atoms with Gasteiger partial charge in [-0.25, -0.2) is 4.79 Å². The molecule has 0 aromatic carbocycles. The van der Waals surface area contributed by atoms with Gasteiger partial charge in [-0.05, 0) is 24.6 Å². The molecule has 2 saturated heterocycles. The highest BCUT2D eigenvalue weighted by Gasteiger charge is 2.34. The molecule has 1 atom stereocenters. The van der Waals surface area contributed by atoms with Gasteiger partial charge in [-0.2, -0.15) is 0 Å². The summed E-state index contributed by atoms with van der Waals surface area (Å²) in [6, 6.07) is 4.48. The van der Waals surface area contributed by atoms with E-state index >= 15 is 0 Å². The second-order valence-electron chi connectivity index (χ2n) is 4.91. The minimum Gasteiger partial charge on any atom is -0.319 e. The summed E-state index contributed by atoms with van der Waals surface area (Å²) >= 11 is 0. The Labute approximate surface area is 107 Å². The predicted molar refractivity (Wildman–Crippen MR) is 68.0 cm³/mol. The topological polar surface area (TPSA) is 48.5 Å². The van der Waals surface area contributed by atoms with Crippen LogP contribution in [0.4, 0.5) is 4.79 Å². The Balaban J connectivity index is 1.63. The summed E-state index contributed by atoms with van der Waals surface area (Å²) in [6.45, 7) is 4.31. The molecule has 1 N–H and O–H groups in total. The van der Waals surface area contributed by atoms with Gasteiger partial charge in [0, 0.05) is 44.6 Å². The van der Waals surface area contributed by atoms with E-state index in [1.807, 2.05) is 28.1 Å². The van der Waals surface area contributed by atoms with E-state index in [9.17, 15) is 4.79 Å². The number of nitrogens with one attached hydrogen (secondary N) is 1. The number of nitrogens with zero attached hydrogens (tertiary/aromatic N) is 3. The summed E-state index contributed by atoms with van der Waals surface area (Å²) < 4.78 is 0. The van der Waals surface area contributed by atoms with Gasteiger partial charge in [0.15, 0.2) is 0 Å². The molecule has 5 heteroatoms. The van der Waals surface area contributed by atoms with Crippen LogP contribution in [-0.2, 0) is 6.54 Å². The molecule has 5 nitrogen and oxygen atoms in total. The van der Waals surface area contributed by atoms with Crippen molar-refractivity contribution in [3.8, 4) is 0 Å². The number of amides is 2. The van der Waals surface area contributed by atoms with Gasteiger partial charge >= 0.3 is 6.03 Å². The standard InChI is InChI=1S/C13H18N4O/c18-13-16(10-11-2-1-4-14-8-11)6-7-17(13)12-3-5-15-9-12/h1-2,4,8,12,15H,3,5-7,9-10H2. The van der Waals surface area contributed by atoms with Crippen molar-refractivity contribution in [1.82, 2.24) is 20.1 Å². The van der Waals surface area contributed by atoms with E-state index in [1.165, 1.54) is 0 Å². The summed E-state index contributed by atoms with van der Waals surface area (Å²) in [5.41, 5.74) is 1.09. The highest BCUT2D eigenvalue weighted by Crippen LogP contribution is 2.18. The van der Waals surface area contributed by atoms with Crippen LogP contribution in [0.25, 0.3) is 0 Å². The van der Waals surface area contributed by atoms with Crippen LogP contribution in [0.5, 0.6) is 0 Å². The molecule has 18 heavy (non-hydrogen) atoms. The summed E-state index contributed by atoms with van der Waals surface area (Å²) in [5, 5.41) is 3.31. The van der Waals surface area contributed by atoms with E-state index in [-0.39, 0.29) is 6.03 Å². The van der Waals surface area contributed by atoms with Crippen molar-refractivity contribution in [2.45, 2.75) is 19.0 Å². The highest BCUT2D eigenvalue weighted by molar-refractivity contribution is 5.77. The van der Waals surface area contributed by atoms with Crippen molar-refractivity contribution in [3.05, 3.63) is 30.1 Å². The van der Waals surface area contributed by atoms with Gasteiger partial charge in [0.2, 0.25) is 0 Å². The smallest absolute Gasteiger partial charge is 0.319 e. The van der Waals surface area contributed by atoms with E-state index in [2.05, 4.69) is 10.3 Å². The zero-order valence-corrected chi connectivity index (χ0v) is 10.4. The largest absolute Gasteiger partial charge is 0.320 e. The first-order chi connectivity index (χ1) is 8.84. The van der Waals surface area contributed by atoms with Crippen molar-refractivity contribution < 1.29 is 4.79 Å². The second kappa shape index (κ2) is 4.94. The highest BCUT2D eigenvalue weighted by atomic mass is 16.2. The van der Waals surface area contributed by atoms with Crippen LogP contribution in [0.3, 0.4) is 0 Å². The third-order valence-corrected chi connectivity index (χ3v) is 3.70. The van der Waals surface area contributed by atoms with Gasteiger partial charge < -0.3 is 15.1 Å². The van der Waals surface area contributed by atoms with Gasteiger partial charge in [0.05, 0.1) is 0 Å². The zero-order valence-electron chi connectivity index (χ0n) is 10.4. The summed E-state index contributed by atoms with van der Waals surface area (Å²) in [7, 11) is 0. The Kier molecular flexibility index (Phi) is 3.15. The Hall–Kier alpha value is -1.62. The van der Waals surface area contributed by atoms with Crippen LogP contribution >= 0.6 is 0 Å². The molecule has 0 spiro atoms. The maximum atomic E-state index is 12.3. The molecule has 0 bridgehead atoms. The molecule has 3 rings (SSSR count). The van der Waals surface area contributed by atoms with E-state index in [0.29, 0.717) is 12.6 Å². The molecule has 0 aliphatic carbocycles. The molecular weight excluding hydrogens is 228 g/mol. The molecule has 96 valence electrons. The second-order valence-corrected chi connectivity index (χ2v) is 4.91. The zero-order chi connectivity index (χ0) is 12.4. The van der Waals surface area contributed by atoms with E-state index < -0.39 is 0 Å². The fourth-order valence-corrected chi connectivity index (χ4v) is 2.70. The van der Waals surface area contributed by atoms with Crippen LogP contribution in [0.15, 0.2) is 24.5 Å². The van der Waals surface area contributed by atoms with E-state index in [1.54, 1.807) is 6.20 Å². The minimum absolute atomic E-state index is 0.174. The van der Waals surface area contributed by atoms with Crippen LogP contribution in [0.2, 0.25) is 0 Å². The van der Waals surface area contributed by atoms with Crippen LogP contribution in [-0.4, -0.2) is 53.0 Å². The Morgan fingerprint density at radius 2 is 2.39 bits per heavy atom. The lowest BCUT2D eigenvalue weighted by Crippen LogP contribution is -2.40. The third kappa shape index (κ3) is 2.18. The van der Waals surface area contributed by atoms with Gasteiger partial charge in [-0.15, -0.1) is 0 Å². The van der Waals surface area contributed by atoms with E-state index in [0.717, 1.165) is 38.2 Å². The SMILES string of the molecule is O=C1N(Cc2cccnc2)CCN1C1CCNC1. The summed E-state index contributed by atoms with van der Waals surface area (Å²) in [4.78, 5) is 20.3. The van der Waals surface area contributed by atoms with Crippen LogP contribution in [0, 0.1) is 0 Å². The first-order valence-corrected chi connectivity index (χ1v) is 6.50. The number of rotatable bonds is 3. The number of hydrogen-bond acceptors (Lipinski definition) is 3. The van der Waals surface area contributed by atoms with Crippen LogP contribution < -0.4 is 5.32 Å². The monoisotopic (exact) mass is 246 g/mol. The number of hydrogen-bond donors (Lipinski definition) is 1. The maximum Gasteiger partial charge on any atom is 0.320 e. The maximum absolute atomic E-state index is 12.3. The van der Waals surface area contributed by atoms with Gasteiger partial charge in [0.1, 0.15) is 0 Å². The van der Waals surface area contributed by atoms with Crippen molar-refractivity contribution in [1.29, 1.82) is 0 Å². The number of carbonyl (C=O) groups excluding carboxylic acids is 1. The first-order valence-electron chi connectivity index (χ1n) is 6.50. The average Bonchev–Trinajstić information content (AvgIpc) is 3.02. The molecule has 2 aliphatic rings. The Bertz CT molecular complexity index is 416. The molecule has 1 aromatic rings. The van der Waals surface area contributed by atoms with Crippen molar-refractivity contribution in [3.63, 3.8) is 0 Å². The lowest BCUT2D eigenvalue weighted by molar-refractivity contribution is 0.178. The minimum atomic E-state index is 0.174. The normalized spacial score (nSPS) is 24.0. The Morgan fingerprint density at radius 1 is 1.44 bits per heavy atom. The predicted octanol–water partition coefficient (Wildman–Crippen LogP) is 0.681. The number of carbonyl (C=O) groups is 1. The lowest BCUT2D eigenvalue weighted by Gasteiger charge is -2.23. The average molecular weight is 246 g/mol. The molecular formula is C13H18N4O. The number of urea groups is 1. The molecule has 2 aliphatic heterocycles. The fourth-order valence-electron chi connectivity index (χ4n) is 2.70. The van der Waals surface area contributed by atoms with Crippen LogP contribution in [0.1, 0.15) is 12.0 Å². The van der Waals surface area contributed by atoms with Gasteiger partial charge in [-0.3, -0.25) is 4.98 Å². The molecule has 1 unspecified atom stereocenters. The van der Waals surface area contributed by atoms with Gasteiger partial charge in [-0.1, -0.05) is 6.07 Å². The summed E-state index contributed by atoms with van der Waals surface area (Å²) in [5.74, 6) is 0. The lowest BCUT2D eigenvalue weighted by atomic mass is 10.2. The number of pyridine rings is 1. The summed E-state index contributed by atoms with van der Waals surface area (Å²) in [6.07, 6.45) is 4.66. The van der Waals surface area contributed by atoms with Crippen molar-refractivity contribution >= 4 is 6.03 Å². The quantitative estimate of drug-likeness (QED) is 0.853. The van der Waals surface area contributed by atoms with Crippen molar-refractivity contribution in [2.24, 2.45) is 0 Å². The first kappa shape index (κ1) is 11.5. The molecule has 2 fully saturated rings. The molecule has 0 saturated carbocycles. The van der Waals surface area contributed by atoms with Gasteiger partial charge in [0.25, 0.3) is 0 Å². The number of aromatic nitrogens is 1. The fraction of sp³-hybridized carbons (Fsp3) is 0.538. The third-order valence-electron chi connectivity index (χ3n) is 3.70. The van der Waals surface area contributed by atoms with Crippen molar-refractivity contribution in [2.75, 3.05) is 26.2 Å². The molecule has 2 amide bonds.